The lowest BCUT2D eigenvalue weighted by Gasteiger charge is -2.30. The van der Waals surface area contributed by atoms with Gasteiger partial charge in [-0.15, -0.1) is 0 Å². The molecule has 1 aromatic heterocycles. The first-order valence-corrected chi connectivity index (χ1v) is 20.9. The van der Waals surface area contributed by atoms with E-state index in [0.29, 0.717) is 31.4 Å². The van der Waals surface area contributed by atoms with E-state index >= 15 is 0 Å². The van der Waals surface area contributed by atoms with Gasteiger partial charge in [0.05, 0.1) is 12.8 Å². The molecule has 3 fully saturated rings. The van der Waals surface area contributed by atoms with E-state index in [9.17, 15) is 19.1 Å². The molecule has 2 amide bonds. The first-order valence-electron chi connectivity index (χ1n) is 19.7. The van der Waals surface area contributed by atoms with Gasteiger partial charge in [0.1, 0.15) is 22.7 Å². The van der Waals surface area contributed by atoms with Crippen molar-refractivity contribution >= 4 is 23.8 Å². The molecule has 3 aliphatic rings. The average molecular weight is 777 g/mol. The van der Waals surface area contributed by atoms with Gasteiger partial charge in [0.2, 0.25) is 5.88 Å². The highest BCUT2D eigenvalue weighted by Gasteiger charge is 2.27. The summed E-state index contributed by atoms with van der Waals surface area (Å²) in [6, 6.07) is 15.6. The number of thioether (sulfide) groups is 1. The quantitative estimate of drug-likeness (QED) is 0.194. The van der Waals surface area contributed by atoms with Crippen molar-refractivity contribution in [2.24, 2.45) is 0 Å². The molecule has 2 aromatic carbocycles. The minimum Gasteiger partial charge on any atom is -0.444 e. The van der Waals surface area contributed by atoms with Crippen molar-refractivity contribution in [1.82, 2.24) is 30.3 Å². The standard InChI is InChI=1S/C42H57FN6O5S/c1-42(2,3)54-41(52)46-35-11-9-34(10-12-35)45-39(51)38-26-33(43)27-44-40(38)53-36-7-4-6-31(25-36)37-13-8-30(24-32(37)29-49-19-22-55-23-20-49)28-48-15-5-14-47(16-17-48)18-21-50/h4,6-8,13,24-27,34-35,50H,5,9-12,14-23,28-29H2,1-3H3,(H,45,51)(H,46,52). The van der Waals surface area contributed by atoms with Gasteiger partial charge in [0.25, 0.3) is 5.91 Å². The highest BCUT2D eigenvalue weighted by Crippen LogP contribution is 2.32. The second-order valence-electron chi connectivity index (χ2n) is 15.9. The number of hydrogen-bond donors (Lipinski definition) is 3. The van der Waals surface area contributed by atoms with E-state index in [1.54, 1.807) is 0 Å². The molecule has 0 atom stereocenters. The molecule has 1 saturated carbocycles. The van der Waals surface area contributed by atoms with Crippen molar-refractivity contribution in [3.63, 3.8) is 0 Å². The summed E-state index contributed by atoms with van der Waals surface area (Å²) in [6.07, 6.45) is 4.39. The third-order valence-corrected chi connectivity index (χ3v) is 11.3. The monoisotopic (exact) mass is 776 g/mol. The molecule has 0 radical (unpaired) electrons. The van der Waals surface area contributed by atoms with Gasteiger partial charge in [0.15, 0.2) is 0 Å². The van der Waals surface area contributed by atoms with Crippen LogP contribution in [0.1, 0.15) is 74.4 Å². The Balaban J connectivity index is 1.14. The fourth-order valence-corrected chi connectivity index (χ4v) is 8.57. The number of hydrogen-bond acceptors (Lipinski definition) is 10. The summed E-state index contributed by atoms with van der Waals surface area (Å²) in [7, 11) is 0. The van der Waals surface area contributed by atoms with Gasteiger partial charge in [-0.2, -0.15) is 11.8 Å². The van der Waals surface area contributed by atoms with Crippen LogP contribution in [0.3, 0.4) is 0 Å². The molecule has 3 heterocycles. The van der Waals surface area contributed by atoms with E-state index in [1.807, 2.05) is 50.7 Å². The molecule has 11 nitrogen and oxygen atoms in total. The third kappa shape index (κ3) is 12.4. The summed E-state index contributed by atoms with van der Waals surface area (Å²) in [5, 5.41) is 15.4. The molecule has 3 N–H and O–H groups in total. The summed E-state index contributed by atoms with van der Waals surface area (Å²) < 4.78 is 26.2. The van der Waals surface area contributed by atoms with E-state index in [4.69, 9.17) is 9.47 Å². The van der Waals surface area contributed by atoms with Gasteiger partial charge in [-0.05, 0) is 106 Å². The smallest absolute Gasteiger partial charge is 0.407 e. The van der Waals surface area contributed by atoms with Gasteiger partial charge in [0, 0.05) is 69.4 Å². The Morgan fingerprint density at radius 1 is 0.891 bits per heavy atom. The van der Waals surface area contributed by atoms with Gasteiger partial charge in [-0.25, -0.2) is 14.2 Å². The largest absolute Gasteiger partial charge is 0.444 e. The van der Waals surface area contributed by atoms with E-state index in [0.717, 1.165) is 94.2 Å². The Morgan fingerprint density at radius 2 is 1.60 bits per heavy atom. The normalized spacial score (nSPS) is 20.4. The number of benzene rings is 2. The second-order valence-corrected chi connectivity index (χ2v) is 17.1. The number of ether oxygens (including phenoxy) is 2. The van der Waals surface area contributed by atoms with Crippen LogP contribution in [0.5, 0.6) is 11.6 Å². The molecular weight excluding hydrogens is 720 g/mol. The van der Waals surface area contributed by atoms with Crippen molar-refractivity contribution in [2.75, 3.05) is 63.9 Å². The number of carbonyl (C=O) groups excluding carboxylic acids is 2. The van der Waals surface area contributed by atoms with Crippen molar-refractivity contribution in [1.29, 1.82) is 0 Å². The van der Waals surface area contributed by atoms with E-state index in [-0.39, 0.29) is 30.1 Å². The van der Waals surface area contributed by atoms with Crippen LogP contribution in [0.15, 0.2) is 54.7 Å². The minimum absolute atomic E-state index is 0.0282. The minimum atomic E-state index is -0.625. The van der Waals surface area contributed by atoms with Crippen LogP contribution in [0.2, 0.25) is 0 Å². The lowest BCUT2D eigenvalue weighted by Crippen LogP contribution is -2.45. The van der Waals surface area contributed by atoms with Crippen molar-refractivity contribution in [3.05, 3.63) is 77.2 Å². The number of nitrogens with zero attached hydrogens (tertiary/aromatic N) is 4. The summed E-state index contributed by atoms with van der Waals surface area (Å²) >= 11 is 2.00. The zero-order valence-corrected chi connectivity index (χ0v) is 33.3. The molecule has 2 aliphatic heterocycles. The Labute approximate surface area is 329 Å². The molecule has 6 rings (SSSR count). The maximum Gasteiger partial charge on any atom is 0.407 e. The lowest BCUT2D eigenvalue weighted by molar-refractivity contribution is 0.0487. The van der Waals surface area contributed by atoms with Crippen LogP contribution in [0.4, 0.5) is 9.18 Å². The number of β-amino-alcohol motifs (C(OH)–C–C–N with tert-alkyl or cyclic N) is 1. The number of alkyl carbamates (subject to hydrolysis) is 1. The zero-order valence-electron chi connectivity index (χ0n) is 32.5. The number of amides is 2. The molecule has 55 heavy (non-hydrogen) atoms. The molecule has 0 spiro atoms. The molecule has 1 aliphatic carbocycles. The summed E-state index contributed by atoms with van der Waals surface area (Å²) in [6.45, 7) is 14.2. The SMILES string of the molecule is CC(C)(C)OC(=O)NC1CCC(NC(=O)c2cc(F)cnc2Oc2cccc(-c3ccc(CN4CCCN(CCO)CC4)cc3CN3CCSCC3)c2)CC1. The molecule has 0 bridgehead atoms. The van der Waals surface area contributed by atoms with Gasteiger partial charge >= 0.3 is 6.09 Å². The van der Waals surface area contributed by atoms with Crippen LogP contribution in [-0.2, 0) is 17.8 Å². The van der Waals surface area contributed by atoms with Crippen LogP contribution < -0.4 is 15.4 Å². The summed E-state index contributed by atoms with van der Waals surface area (Å²) in [4.78, 5) is 37.4. The number of halogens is 1. The number of pyridine rings is 1. The van der Waals surface area contributed by atoms with Gasteiger partial charge < -0.3 is 25.2 Å². The molecule has 0 unspecified atom stereocenters. The summed E-state index contributed by atoms with van der Waals surface area (Å²) in [5.41, 5.74) is 4.11. The highest BCUT2D eigenvalue weighted by molar-refractivity contribution is 7.99. The van der Waals surface area contributed by atoms with E-state index in [1.165, 1.54) is 17.2 Å². The third-order valence-electron chi connectivity index (χ3n) is 10.4. The molecule has 13 heteroatoms. The number of aliphatic hydroxyl groups excluding tert-OH is 1. The molecule has 298 valence electrons. The first kappa shape index (κ1) is 40.9. The second kappa shape index (κ2) is 19.4. The fraction of sp³-hybridized carbons (Fsp3) is 0.548. The first-order chi connectivity index (χ1) is 26.5. The van der Waals surface area contributed by atoms with Crippen molar-refractivity contribution in [2.45, 2.75) is 83.6 Å². The van der Waals surface area contributed by atoms with Crippen LogP contribution >= 0.6 is 11.8 Å². The topological polar surface area (TPSA) is 120 Å². The average Bonchev–Trinajstić information content (AvgIpc) is 3.38. The number of aromatic nitrogens is 1. The van der Waals surface area contributed by atoms with Crippen molar-refractivity contribution in [3.8, 4) is 22.8 Å². The Hall–Kier alpha value is -3.75. The predicted molar refractivity (Wildman–Crippen MR) is 215 cm³/mol. The Bertz CT molecular complexity index is 1740. The zero-order chi connectivity index (χ0) is 38.8. The fourth-order valence-electron chi connectivity index (χ4n) is 7.59. The van der Waals surface area contributed by atoms with Crippen LogP contribution in [-0.4, -0.2) is 118 Å². The highest BCUT2D eigenvalue weighted by atomic mass is 32.2. The Morgan fingerprint density at radius 3 is 2.35 bits per heavy atom. The molecule has 3 aromatic rings. The van der Waals surface area contributed by atoms with Crippen molar-refractivity contribution < 1.29 is 28.6 Å². The molecule has 2 saturated heterocycles. The number of carbonyl (C=O) groups is 2. The maximum absolute atomic E-state index is 14.5. The number of nitrogens with one attached hydrogen (secondary N) is 2. The predicted octanol–water partition coefficient (Wildman–Crippen LogP) is 6.29. The molecular formula is C42H57FN6O5S. The van der Waals surface area contributed by atoms with Crippen LogP contribution in [0, 0.1) is 5.82 Å². The van der Waals surface area contributed by atoms with E-state index < -0.39 is 23.4 Å². The van der Waals surface area contributed by atoms with E-state index in [2.05, 4.69) is 54.6 Å². The Kier molecular flexibility index (Phi) is 14.4. The number of rotatable bonds is 12. The maximum atomic E-state index is 14.5. The lowest BCUT2D eigenvalue weighted by atomic mass is 9.91. The van der Waals surface area contributed by atoms with Gasteiger partial charge in [-0.3, -0.25) is 19.5 Å². The van der Waals surface area contributed by atoms with Crippen LogP contribution in [0.25, 0.3) is 11.1 Å². The van der Waals surface area contributed by atoms with Gasteiger partial charge in [-0.1, -0.05) is 30.3 Å². The summed E-state index contributed by atoms with van der Waals surface area (Å²) in [5.74, 6) is 1.71. The number of aliphatic hydroxyl groups is 1.